The Morgan fingerprint density at radius 1 is 1.11 bits per heavy atom. The Hall–Kier alpha value is -2.33. The van der Waals surface area contributed by atoms with Crippen LogP contribution in [-0.4, -0.2) is 41.2 Å². The molecule has 28 heavy (non-hydrogen) atoms. The highest BCUT2D eigenvalue weighted by Crippen LogP contribution is 2.48. The Labute approximate surface area is 167 Å². The van der Waals surface area contributed by atoms with Gasteiger partial charge in [0.25, 0.3) is 0 Å². The van der Waals surface area contributed by atoms with E-state index in [1.807, 2.05) is 19.1 Å². The van der Waals surface area contributed by atoms with Crippen molar-refractivity contribution in [3.05, 3.63) is 65.7 Å². The van der Waals surface area contributed by atoms with E-state index in [1.54, 1.807) is 12.1 Å². The van der Waals surface area contributed by atoms with Crippen molar-refractivity contribution in [2.24, 2.45) is 0 Å². The van der Waals surface area contributed by atoms with Crippen LogP contribution in [0, 0.1) is 0 Å². The third-order valence-corrected chi connectivity index (χ3v) is 6.51. The molecular weight excluding hydrogens is 350 g/mol. The Balaban J connectivity index is 1.57. The number of carbonyl (C=O) groups excluding carboxylic acids is 1. The van der Waals surface area contributed by atoms with Crippen LogP contribution in [0.4, 0.5) is 0 Å². The third-order valence-electron chi connectivity index (χ3n) is 6.51. The van der Waals surface area contributed by atoms with E-state index in [4.69, 9.17) is 4.74 Å². The van der Waals surface area contributed by atoms with Crippen LogP contribution in [0.2, 0.25) is 0 Å². The van der Waals surface area contributed by atoms with Crippen LogP contribution in [0.15, 0.2) is 54.6 Å². The van der Waals surface area contributed by atoms with Crippen molar-refractivity contribution in [2.45, 2.75) is 56.5 Å². The quantitative estimate of drug-likeness (QED) is 0.769. The SMILES string of the molecule is CCOC(=O)C1(c2cccc(O)c2)C[C@H]2CC[C@@H](C1)N2CCc1ccccc1. The smallest absolute Gasteiger partial charge is 0.316 e. The highest BCUT2D eigenvalue weighted by molar-refractivity contribution is 5.84. The maximum atomic E-state index is 13.1. The fourth-order valence-electron chi connectivity index (χ4n) is 5.20. The van der Waals surface area contributed by atoms with Gasteiger partial charge in [0.2, 0.25) is 0 Å². The number of aromatic hydroxyl groups is 1. The number of nitrogens with zero attached hydrogens (tertiary/aromatic N) is 1. The van der Waals surface area contributed by atoms with E-state index in [0.29, 0.717) is 18.7 Å². The molecule has 2 aliphatic heterocycles. The lowest BCUT2D eigenvalue weighted by atomic mass is 9.69. The Morgan fingerprint density at radius 3 is 2.46 bits per heavy atom. The number of phenolic OH excluding ortho intramolecular Hbond substituents is 1. The predicted molar refractivity (Wildman–Crippen MR) is 109 cm³/mol. The molecule has 4 nitrogen and oxygen atoms in total. The van der Waals surface area contributed by atoms with Gasteiger partial charge in [0, 0.05) is 18.6 Å². The molecule has 1 unspecified atom stereocenters. The number of hydrogen-bond donors (Lipinski definition) is 1. The summed E-state index contributed by atoms with van der Waals surface area (Å²) in [5, 5.41) is 10.0. The maximum absolute atomic E-state index is 13.1. The Morgan fingerprint density at radius 2 is 1.82 bits per heavy atom. The van der Waals surface area contributed by atoms with Crippen LogP contribution in [0.5, 0.6) is 5.75 Å². The van der Waals surface area contributed by atoms with Crippen molar-refractivity contribution in [2.75, 3.05) is 13.2 Å². The number of piperidine rings is 1. The summed E-state index contributed by atoms with van der Waals surface area (Å²) in [6, 6.07) is 18.6. The monoisotopic (exact) mass is 379 g/mol. The largest absolute Gasteiger partial charge is 0.508 e. The number of esters is 1. The van der Waals surface area contributed by atoms with E-state index in [1.165, 1.54) is 5.56 Å². The molecule has 2 fully saturated rings. The van der Waals surface area contributed by atoms with Crippen molar-refractivity contribution in [3.63, 3.8) is 0 Å². The molecule has 2 bridgehead atoms. The van der Waals surface area contributed by atoms with Gasteiger partial charge in [-0.15, -0.1) is 0 Å². The summed E-state index contributed by atoms with van der Waals surface area (Å²) in [5.74, 6) is 0.0697. The highest BCUT2D eigenvalue weighted by atomic mass is 16.5. The van der Waals surface area contributed by atoms with Crippen molar-refractivity contribution >= 4 is 5.97 Å². The van der Waals surface area contributed by atoms with Crippen LogP contribution < -0.4 is 0 Å². The number of hydrogen-bond acceptors (Lipinski definition) is 4. The molecular formula is C24H29NO3. The summed E-state index contributed by atoms with van der Waals surface area (Å²) in [6.45, 7) is 3.27. The van der Waals surface area contributed by atoms with Crippen molar-refractivity contribution in [1.82, 2.24) is 4.90 Å². The first kappa shape index (κ1) is 19.0. The molecule has 0 aromatic heterocycles. The second kappa shape index (κ2) is 7.96. The minimum atomic E-state index is -0.649. The fraction of sp³-hybridized carbons (Fsp3) is 0.458. The van der Waals surface area contributed by atoms with Crippen molar-refractivity contribution in [3.8, 4) is 5.75 Å². The number of carbonyl (C=O) groups is 1. The van der Waals surface area contributed by atoms with Gasteiger partial charge < -0.3 is 9.84 Å². The molecule has 2 heterocycles. The minimum absolute atomic E-state index is 0.139. The van der Waals surface area contributed by atoms with Crippen LogP contribution in [-0.2, 0) is 21.4 Å². The molecule has 0 aliphatic carbocycles. The molecule has 2 saturated heterocycles. The molecule has 4 heteroatoms. The lowest BCUT2D eigenvalue weighted by Crippen LogP contribution is -2.53. The molecule has 3 atom stereocenters. The van der Waals surface area contributed by atoms with E-state index in [-0.39, 0.29) is 11.7 Å². The van der Waals surface area contributed by atoms with Gasteiger partial charge in [-0.05, 0) is 62.3 Å². The third kappa shape index (κ3) is 3.53. The molecule has 1 N–H and O–H groups in total. The van der Waals surface area contributed by atoms with Gasteiger partial charge >= 0.3 is 5.97 Å². The summed E-state index contributed by atoms with van der Waals surface area (Å²) < 4.78 is 5.53. The zero-order valence-corrected chi connectivity index (χ0v) is 16.5. The molecule has 0 radical (unpaired) electrons. The summed E-state index contributed by atoms with van der Waals surface area (Å²) in [6.07, 6.45) is 4.81. The molecule has 148 valence electrons. The average molecular weight is 380 g/mol. The zero-order valence-electron chi connectivity index (χ0n) is 16.5. The van der Waals surface area contributed by atoms with Crippen LogP contribution in [0.25, 0.3) is 0 Å². The summed E-state index contributed by atoms with van der Waals surface area (Å²) in [4.78, 5) is 15.7. The Bertz CT molecular complexity index is 806. The first-order chi connectivity index (χ1) is 13.6. The predicted octanol–water partition coefficient (Wildman–Crippen LogP) is 4.06. The average Bonchev–Trinajstić information content (AvgIpc) is 2.95. The number of benzene rings is 2. The van der Waals surface area contributed by atoms with Gasteiger partial charge in [0.05, 0.1) is 12.0 Å². The van der Waals surface area contributed by atoms with Crippen LogP contribution >= 0.6 is 0 Å². The normalized spacial score (nSPS) is 26.9. The minimum Gasteiger partial charge on any atom is -0.508 e. The molecule has 0 amide bonds. The molecule has 0 saturated carbocycles. The van der Waals surface area contributed by atoms with E-state index < -0.39 is 5.41 Å². The molecule has 2 aliphatic rings. The van der Waals surface area contributed by atoms with Crippen molar-refractivity contribution < 1.29 is 14.6 Å². The highest BCUT2D eigenvalue weighted by Gasteiger charge is 2.53. The van der Waals surface area contributed by atoms with Gasteiger partial charge in [0.15, 0.2) is 0 Å². The molecule has 4 rings (SSSR count). The second-order valence-electron chi connectivity index (χ2n) is 8.12. The number of ether oxygens (including phenoxy) is 1. The van der Waals surface area contributed by atoms with Crippen molar-refractivity contribution in [1.29, 1.82) is 0 Å². The number of fused-ring (bicyclic) bond motifs is 2. The van der Waals surface area contributed by atoms with Gasteiger partial charge in [-0.25, -0.2) is 0 Å². The van der Waals surface area contributed by atoms with E-state index in [9.17, 15) is 9.90 Å². The first-order valence-electron chi connectivity index (χ1n) is 10.4. The number of rotatable bonds is 6. The summed E-state index contributed by atoms with van der Waals surface area (Å²) in [7, 11) is 0. The van der Waals surface area contributed by atoms with Gasteiger partial charge in [0.1, 0.15) is 5.75 Å². The maximum Gasteiger partial charge on any atom is 0.316 e. The molecule has 2 aromatic carbocycles. The first-order valence-corrected chi connectivity index (χ1v) is 10.4. The topological polar surface area (TPSA) is 49.8 Å². The standard InChI is InChI=1S/C24H29NO3/c1-2-28-23(27)24(19-9-6-10-22(26)15-19)16-20-11-12-21(17-24)25(20)14-13-18-7-4-3-5-8-18/h3-10,15,20-21,26H,2,11-14,16-17H2,1H3/t20-,21+,24?. The van der Waals surface area contributed by atoms with E-state index in [2.05, 4.69) is 35.2 Å². The lowest BCUT2D eigenvalue weighted by molar-refractivity contribution is -0.153. The Kier molecular flexibility index (Phi) is 5.40. The lowest BCUT2D eigenvalue weighted by Gasteiger charge is -2.45. The molecule has 0 spiro atoms. The van der Waals surface area contributed by atoms with Gasteiger partial charge in [-0.3, -0.25) is 9.69 Å². The summed E-state index contributed by atoms with van der Waals surface area (Å²) in [5.41, 5.74) is 1.60. The van der Waals surface area contributed by atoms with Crippen LogP contribution in [0.1, 0.15) is 43.7 Å². The van der Waals surface area contributed by atoms with E-state index >= 15 is 0 Å². The van der Waals surface area contributed by atoms with Gasteiger partial charge in [-0.2, -0.15) is 0 Å². The van der Waals surface area contributed by atoms with E-state index in [0.717, 1.165) is 44.2 Å². The second-order valence-corrected chi connectivity index (χ2v) is 8.12. The zero-order chi connectivity index (χ0) is 19.6. The van der Waals surface area contributed by atoms with Gasteiger partial charge in [-0.1, -0.05) is 42.5 Å². The summed E-state index contributed by atoms with van der Waals surface area (Å²) >= 11 is 0. The van der Waals surface area contributed by atoms with Crippen LogP contribution in [0.3, 0.4) is 0 Å². The number of phenols is 1. The fourth-order valence-corrected chi connectivity index (χ4v) is 5.20. The molecule has 2 aromatic rings.